The maximum Gasteiger partial charge on any atom is 0.321 e. The predicted molar refractivity (Wildman–Crippen MR) is 124 cm³/mol. The summed E-state index contributed by atoms with van der Waals surface area (Å²) in [7, 11) is 1.76. The molecule has 1 aliphatic heterocycles. The SMILES string of the molecule is Cc1nc(-c2ccc(NC(=O)N3CCC(C(=O)N(C)c4ccccc4)C3)cc2)cc(=O)[nH]1. The Morgan fingerprint density at radius 3 is 2.53 bits per heavy atom. The largest absolute Gasteiger partial charge is 0.324 e. The van der Waals surface area contributed by atoms with Crippen LogP contribution in [0.5, 0.6) is 0 Å². The predicted octanol–water partition coefficient (Wildman–Crippen LogP) is 3.26. The van der Waals surface area contributed by atoms with Gasteiger partial charge in [-0.1, -0.05) is 30.3 Å². The fourth-order valence-corrected chi connectivity index (χ4v) is 3.85. The number of aromatic nitrogens is 2. The zero-order chi connectivity index (χ0) is 22.7. The number of carbonyl (C=O) groups is 2. The summed E-state index contributed by atoms with van der Waals surface area (Å²) < 4.78 is 0. The summed E-state index contributed by atoms with van der Waals surface area (Å²) in [6.45, 7) is 2.64. The molecule has 32 heavy (non-hydrogen) atoms. The van der Waals surface area contributed by atoms with Crippen LogP contribution in [0.15, 0.2) is 65.5 Å². The van der Waals surface area contributed by atoms with Crippen LogP contribution in [-0.2, 0) is 4.79 Å². The molecule has 2 aromatic carbocycles. The zero-order valence-electron chi connectivity index (χ0n) is 18.0. The minimum atomic E-state index is -0.236. The second-order valence-corrected chi connectivity index (χ2v) is 7.89. The highest BCUT2D eigenvalue weighted by Gasteiger charge is 2.33. The van der Waals surface area contributed by atoms with Crippen molar-refractivity contribution in [3.63, 3.8) is 0 Å². The summed E-state index contributed by atoms with van der Waals surface area (Å²) >= 11 is 0. The average Bonchev–Trinajstić information content (AvgIpc) is 3.29. The van der Waals surface area contributed by atoms with E-state index in [-0.39, 0.29) is 23.4 Å². The van der Waals surface area contributed by atoms with Crippen molar-refractivity contribution in [3.05, 3.63) is 76.8 Å². The van der Waals surface area contributed by atoms with Gasteiger partial charge >= 0.3 is 6.03 Å². The molecule has 3 amide bonds. The van der Waals surface area contributed by atoms with Gasteiger partial charge in [0.25, 0.3) is 5.56 Å². The summed E-state index contributed by atoms with van der Waals surface area (Å²) in [4.78, 5) is 47.4. The molecule has 3 aromatic rings. The molecule has 4 rings (SSSR count). The van der Waals surface area contributed by atoms with Crippen LogP contribution in [0.3, 0.4) is 0 Å². The van der Waals surface area contributed by atoms with Crippen molar-refractivity contribution in [2.24, 2.45) is 5.92 Å². The minimum Gasteiger partial charge on any atom is -0.324 e. The normalized spacial score (nSPS) is 15.4. The fraction of sp³-hybridized carbons (Fsp3) is 0.250. The summed E-state index contributed by atoms with van der Waals surface area (Å²) in [5.74, 6) is 0.330. The highest BCUT2D eigenvalue weighted by Crippen LogP contribution is 2.23. The van der Waals surface area contributed by atoms with E-state index in [0.29, 0.717) is 36.7 Å². The molecular weight excluding hydrogens is 406 g/mol. The number of hydrogen-bond donors (Lipinski definition) is 2. The minimum absolute atomic E-state index is 0.0106. The molecule has 2 N–H and O–H groups in total. The van der Waals surface area contributed by atoms with Crippen LogP contribution >= 0.6 is 0 Å². The Morgan fingerprint density at radius 2 is 1.84 bits per heavy atom. The fourth-order valence-electron chi connectivity index (χ4n) is 3.85. The van der Waals surface area contributed by atoms with Gasteiger partial charge in [-0.25, -0.2) is 9.78 Å². The van der Waals surface area contributed by atoms with E-state index in [2.05, 4.69) is 15.3 Å². The van der Waals surface area contributed by atoms with E-state index in [9.17, 15) is 14.4 Å². The third-order valence-electron chi connectivity index (χ3n) is 5.59. The number of H-pyrrole nitrogens is 1. The molecule has 1 aromatic heterocycles. The standard InChI is InChI=1S/C24H25N5O3/c1-16-25-21(14-22(30)26-16)17-8-10-19(11-9-17)27-24(32)29-13-12-18(15-29)23(31)28(2)20-6-4-3-5-7-20/h3-11,14,18H,12-13,15H2,1-2H3,(H,27,32)(H,25,26,30). The summed E-state index contributed by atoms with van der Waals surface area (Å²) in [5, 5.41) is 2.88. The van der Waals surface area contributed by atoms with Crippen LogP contribution in [0, 0.1) is 12.8 Å². The van der Waals surface area contributed by atoms with Gasteiger partial charge in [-0.3, -0.25) is 9.59 Å². The molecule has 2 heterocycles. The van der Waals surface area contributed by atoms with Crippen molar-refractivity contribution >= 4 is 23.3 Å². The van der Waals surface area contributed by atoms with Gasteiger partial charge in [0.15, 0.2) is 0 Å². The topological polar surface area (TPSA) is 98.4 Å². The van der Waals surface area contributed by atoms with Gasteiger partial charge < -0.3 is 20.1 Å². The Hall–Kier alpha value is -3.94. The molecular formula is C24H25N5O3. The van der Waals surface area contributed by atoms with Gasteiger partial charge in [0.1, 0.15) is 5.82 Å². The Balaban J connectivity index is 1.36. The summed E-state index contributed by atoms with van der Waals surface area (Å²) in [6, 6.07) is 17.8. The van der Waals surface area contributed by atoms with Crippen LogP contribution in [0.4, 0.5) is 16.2 Å². The molecule has 0 spiro atoms. The number of nitrogens with one attached hydrogen (secondary N) is 2. The molecule has 1 unspecified atom stereocenters. The molecule has 1 aliphatic rings. The van der Waals surface area contributed by atoms with E-state index in [0.717, 1.165) is 11.3 Å². The van der Waals surface area contributed by atoms with Crippen LogP contribution < -0.4 is 15.8 Å². The smallest absolute Gasteiger partial charge is 0.321 e. The molecule has 1 fully saturated rings. The number of hydrogen-bond acceptors (Lipinski definition) is 4. The number of amides is 3. The van der Waals surface area contributed by atoms with Gasteiger partial charge in [0.05, 0.1) is 11.6 Å². The second-order valence-electron chi connectivity index (χ2n) is 7.89. The van der Waals surface area contributed by atoms with Gasteiger partial charge in [0.2, 0.25) is 5.91 Å². The van der Waals surface area contributed by atoms with Gasteiger partial charge in [0, 0.05) is 43.1 Å². The number of anilines is 2. The zero-order valence-corrected chi connectivity index (χ0v) is 18.0. The maximum absolute atomic E-state index is 12.8. The summed E-state index contributed by atoms with van der Waals surface area (Å²) in [5.41, 5.74) is 2.63. The molecule has 0 radical (unpaired) electrons. The van der Waals surface area contributed by atoms with Crippen LogP contribution in [-0.4, -0.2) is 46.9 Å². The highest BCUT2D eigenvalue weighted by molar-refractivity contribution is 5.96. The molecule has 0 bridgehead atoms. The number of para-hydroxylation sites is 1. The third kappa shape index (κ3) is 4.69. The number of rotatable bonds is 4. The molecule has 8 nitrogen and oxygen atoms in total. The second kappa shape index (κ2) is 9.05. The lowest BCUT2D eigenvalue weighted by Gasteiger charge is -2.22. The van der Waals surface area contributed by atoms with Crippen molar-refractivity contribution in [2.75, 3.05) is 30.4 Å². The van der Waals surface area contributed by atoms with Crippen LogP contribution in [0.25, 0.3) is 11.3 Å². The number of nitrogens with zero attached hydrogens (tertiary/aromatic N) is 3. The quantitative estimate of drug-likeness (QED) is 0.662. The first-order valence-corrected chi connectivity index (χ1v) is 10.5. The Kier molecular flexibility index (Phi) is 6.02. The van der Waals surface area contributed by atoms with E-state index in [1.165, 1.54) is 6.07 Å². The number of urea groups is 1. The van der Waals surface area contributed by atoms with Gasteiger partial charge in [-0.15, -0.1) is 0 Å². The van der Waals surface area contributed by atoms with Crippen molar-refractivity contribution in [1.29, 1.82) is 0 Å². The van der Waals surface area contributed by atoms with E-state index < -0.39 is 0 Å². The molecule has 0 saturated carbocycles. The molecule has 1 atom stereocenters. The van der Waals surface area contributed by atoms with Gasteiger partial charge in [-0.05, 0) is 37.6 Å². The Bertz CT molecular complexity index is 1170. The molecule has 1 saturated heterocycles. The molecule has 164 valence electrons. The average molecular weight is 431 g/mol. The van der Waals surface area contributed by atoms with Crippen molar-refractivity contribution < 1.29 is 9.59 Å². The first-order valence-electron chi connectivity index (χ1n) is 10.5. The maximum atomic E-state index is 12.8. The van der Waals surface area contributed by atoms with Gasteiger partial charge in [-0.2, -0.15) is 0 Å². The van der Waals surface area contributed by atoms with Crippen LogP contribution in [0.2, 0.25) is 0 Å². The number of benzene rings is 2. The van der Waals surface area contributed by atoms with Crippen LogP contribution in [0.1, 0.15) is 12.2 Å². The van der Waals surface area contributed by atoms with E-state index in [4.69, 9.17) is 0 Å². The number of aromatic amines is 1. The lowest BCUT2D eigenvalue weighted by molar-refractivity contribution is -0.121. The van der Waals surface area contributed by atoms with Crippen molar-refractivity contribution in [3.8, 4) is 11.3 Å². The first-order chi connectivity index (χ1) is 15.4. The van der Waals surface area contributed by atoms with Crippen molar-refractivity contribution in [2.45, 2.75) is 13.3 Å². The number of likely N-dealkylation sites (tertiary alicyclic amines) is 1. The monoisotopic (exact) mass is 431 g/mol. The molecule has 8 heteroatoms. The lowest BCUT2D eigenvalue weighted by atomic mass is 10.1. The molecule has 0 aliphatic carbocycles. The first kappa shape index (κ1) is 21.3. The lowest BCUT2D eigenvalue weighted by Crippen LogP contribution is -2.37. The highest BCUT2D eigenvalue weighted by atomic mass is 16.2. The van der Waals surface area contributed by atoms with Crippen molar-refractivity contribution in [1.82, 2.24) is 14.9 Å². The Labute approximate surface area is 185 Å². The Morgan fingerprint density at radius 1 is 1.12 bits per heavy atom. The number of aryl methyl sites for hydroxylation is 1. The van der Waals surface area contributed by atoms with E-state index in [1.807, 2.05) is 42.5 Å². The summed E-state index contributed by atoms with van der Waals surface area (Å²) in [6.07, 6.45) is 0.635. The van der Waals surface area contributed by atoms with E-state index in [1.54, 1.807) is 35.9 Å². The third-order valence-corrected chi connectivity index (χ3v) is 5.59. The van der Waals surface area contributed by atoms with E-state index >= 15 is 0 Å². The number of carbonyl (C=O) groups excluding carboxylic acids is 2.